The van der Waals surface area contributed by atoms with E-state index in [1.54, 1.807) is 54.6 Å². The first-order valence-electron chi connectivity index (χ1n) is 8.14. The van der Waals surface area contributed by atoms with Gasteiger partial charge in [-0.2, -0.15) is 0 Å². The highest BCUT2D eigenvalue weighted by molar-refractivity contribution is 5.79. The van der Waals surface area contributed by atoms with Crippen LogP contribution < -0.4 is 11.5 Å². The molecule has 0 heterocycles. The maximum atomic E-state index is 13.8. The van der Waals surface area contributed by atoms with Crippen molar-refractivity contribution in [3.63, 3.8) is 0 Å². The van der Waals surface area contributed by atoms with E-state index < -0.39 is 36.5 Å². The third kappa shape index (κ3) is 4.85. The molecule has 0 fully saturated rings. The van der Waals surface area contributed by atoms with Gasteiger partial charge in [-0.1, -0.05) is 60.7 Å². The molecule has 0 aromatic heterocycles. The number of aliphatic hydroxyl groups is 1. The lowest BCUT2D eigenvalue weighted by molar-refractivity contribution is -0.152. The molecule has 7 heteroatoms. The number of esters is 1. The lowest BCUT2D eigenvalue weighted by Gasteiger charge is -2.31. The molecular weight excluding hydrogens is 342 g/mol. The van der Waals surface area contributed by atoms with Crippen molar-refractivity contribution in [1.29, 1.82) is 0 Å². The average molecular weight is 364 g/mol. The Morgan fingerprint density at radius 3 is 2.15 bits per heavy atom. The first kappa shape index (κ1) is 20.0. The Kier molecular flexibility index (Phi) is 6.79. The minimum absolute atomic E-state index is 0.0287. The Morgan fingerprint density at radius 2 is 1.62 bits per heavy atom. The molecule has 0 aliphatic carbocycles. The van der Waals surface area contributed by atoms with Gasteiger partial charge in [-0.15, -0.1) is 0 Å². The highest BCUT2D eigenvalue weighted by Gasteiger charge is 2.46. The Labute approximate surface area is 150 Å². The number of aliphatic hydroxyl groups excluding tert-OH is 1. The lowest BCUT2D eigenvalue weighted by Crippen LogP contribution is -2.54. The van der Waals surface area contributed by atoms with Gasteiger partial charge in [-0.25, -0.2) is 8.78 Å². The maximum Gasteiger partial charge on any atom is 0.315 e. The van der Waals surface area contributed by atoms with Gasteiger partial charge in [0.05, 0.1) is 18.5 Å². The van der Waals surface area contributed by atoms with Gasteiger partial charge in [0, 0.05) is 0 Å². The molecule has 3 unspecified atom stereocenters. The predicted octanol–water partition coefficient (Wildman–Crippen LogP) is 1.80. The summed E-state index contributed by atoms with van der Waals surface area (Å²) in [6.07, 6.45) is -2.29. The van der Waals surface area contributed by atoms with Crippen LogP contribution in [0.5, 0.6) is 0 Å². The molecule has 26 heavy (non-hydrogen) atoms. The van der Waals surface area contributed by atoms with Crippen molar-refractivity contribution >= 4 is 5.97 Å². The normalized spacial score (nSPS) is 15.1. The van der Waals surface area contributed by atoms with E-state index in [0.717, 1.165) is 5.56 Å². The number of benzene rings is 2. The number of halogens is 2. The second-order valence-corrected chi connectivity index (χ2v) is 5.97. The van der Waals surface area contributed by atoms with E-state index in [0.29, 0.717) is 5.56 Å². The fourth-order valence-electron chi connectivity index (χ4n) is 2.58. The van der Waals surface area contributed by atoms with Crippen molar-refractivity contribution in [3.05, 3.63) is 71.8 Å². The minimum atomic E-state index is -3.62. The average Bonchev–Trinajstić information content (AvgIpc) is 2.67. The number of alkyl halides is 2. The van der Waals surface area contributed by atoms with Crippen LogP contribution in [-0.4, -0.2) is 35.7 Å². The van der Waals surface area contributed by atoms with Gasteiger partial charge in [-0.05, 0) is 11.1 Å². The molecule has 140 valence electrons. The highest BCUT2D eigenvalue weighted by atomic mass is 19.3. The Morgan fingerprint density at radius 1 is 1.08 bits per heavy atom. The molecule has 0 saturated carbocycles. The molecule has 2 aromatic carbocycles. The van der Waals surface area contributed by atoms with E-state index >= 15 is 0 Å². The Bertz CT molecular complexity index is 698. The standard InChI is InChI=1S/C19H22F2N2O3/c20-19(21,12-22)17(24)16(23)15(14-9-5-2-6-10-14)18(25)26-11-13-7-3-1-4-8-13/h1-10,15-17,24H,11-12,22-23H2. The fourth-order valence-corrected chi connectivity index (χ4v) is 2.58. The summed E-state index contributed by atoms with van der Waals surface area (Å²) in [6.45, 7) is -1.11. The highest BCUT2D eigenvalue weighted by Crippen LogP contribution is 2.29. The van der Waals surface area contributed by atoms with E-state index in [4.69, 9.17) is 16.2 Å². The summed E-state index contributed by atoms with van der Waals surface area (Å²) in [5.74, 6) is -5.67. The zero-order chi connectivity index (χ0) is 19.2. The van der Waals surface area contributed by atoms with Crippen LogP contribution in [0, 0.1) is 0 Å². The van der Waals surface area contributed by atoms with E-state index in [1.165, 1.54) is 0 Å². The largest absolute Gasteiger partial charge is 0.460 e. The lowest BCUT2D eigenvalue weighted by atomic mass is 9.86. The van der Waals surface area contributed by atoms with Crippen LogP contribution in [0.3, 0.4) is 0 Å². The third-order valence-corrected chi connectivity index (χ3v) is 4.09. The number of carbonyl (C=O) groups excluding carboxylic acids is 1. The molecule has 0 aliphatic heterocycles. The number of nitrogens with two attached hydrogens (primary N) is 2. The van der Waals surface area contributed by atoms with Crippen LogP contribution >= 0.6 is 0 Å². The van der Waals surface area contributed by atoms with Gasteiger partial charge in [-0.3, -0.25) is 4.79 Å². The molecule has 0 saturated heterocycles. The van der Waals surface area contributed by atoms with Crippen molar-refractivity contribution in [3.8, 4) is 0 Å². The van der Waals surface area contributed by atoms with E-state index in [2.05, 4.69) is 0 Å². The second-order valence-electron chi connectivity index (χ2n) is 5.97. The summed E-state index contributed by atoms with van der Waals surface area (Å²) < 4.78 is 32.8. The molecule has 2 aromatic rings. The number of rotatable bonds is 8. The maximum absolute atomic E-state index is 13.8. The van der Waals surface area contributed by atoms with Gasteiger partial charge in [0.25, 0.3) is 5.92 Å². The fraction of sp³-hybridized carbons (Fsp3) is 0.316. The first-order chi connectivity index (χ1) is 12.4. The Hall–Kier alpha value is -2.35. The van der Waals surface area contributed by atoms with Gasteiger partial charge in [0.1, 0.15) is 12.7 Å². The predicted molar refractivity (Wildman–Crippen MR) is 93.4 cm³/mol. The molecule has 5 nitrogen and oxygen atoms in total. The van der Waals surface area contributed by atoms with Crippen LogP contribution in [0.2, 0.25) is 0 Å². The van der Waals surface area contributed by atoms with Crippen molar-refractivity contribution in [2.24, 2.45) is 11.5 Å². The number of hydrogen-bond acceptors (Lipinski definition) is 5. The molecule has 0 aliphatic rings. The van der Waals surface area contributed by atoms with Crippen molar-refractivity contribution < 1.29 is 23.4 Å². The van der Waals surface area contributed by atoms with Gasteiger partial charge in [0.2, 0.25) is 0 Å². The summed E-state index contributed by atoms with van der Waals surface area (Å²) in [5.41, 5.74) is 12.0. The third-order valence-electron chi connectivity index (χ3n) is 4.09. The van der Waals surface area contributed by atoms with Crippen molar-refractivity contribution in [2.75, 3.05) is 6.54 Å². The second kappa shape index (κ2) is 8.84. The molecule has 5 N–H and O–H groups in total. The molecular formula is C19H22F2N2O3. The quantitative estimate of drug-likeness (QED) is 0.621. The number of carbonyl (C=O) groups is 1. The number of ether oxygens (including phenoxy) is 1. The topological polar surface area (TPSA) is 98.6 Å². The van der Waals surface area contributed by atoms with Gasteiger partial charge in [0.15, 0.2) is 0 Å². The Balaban J connectivity index is 2.22. The molecule has 0 bridgehead atoms. The van der Waals surface area contributed by atoms with Crippen molar-refractivity contribution in [2.45, 2.75) is 30.6 Å². The van der Waals surface area contributed by atoms with Crippen LogP contribution in [0.4, 0.5) is 8.78 Å². The molecule has 0 amide bonds. The number of hydrogen-bond donors (Lipinski definition) is 3. The van der Waals surface area contributed by atoms with Crippen LogP contribution in [0.1, 0.15) is 17.0 Å². The van der Waals surface area contributed by atoms with Crippen molar-refractivity contribution in [1.82, 2.24) is 0 Å². The molecule has 2 rings (SSSR count). The van der Waals surface area contributed by atoms with Crippen LogP contribution in [0.15, 0.2) is 60.7 Å². The van der Waals surface area contributed by atoms with Crippen LogP contribution in [-0.2, 0) is 16.1 Å². The molecule has 0 spiro atoms. The first-order valence-corrected chi connectivity index (χ1v) is 8.14. The van der Waals surface area contributed by atoms with Crippen LogP contribution in [0.25, 0.3) is 0 Å². The monoisotopic (exact) mass is 364 g/mol. The summed E-state index contributed by atoms with van der Waals surface area (Å²) in [7, 11) is 0. The minimum Gasteiger partial charge on any atom is -0.460 e. The SMILES string of the molecule is NCC(F)(F)C(O)C(N)C(C(=O)OCc1ccccc1)c1ccccc1. The molecule has 0 radical (unpaired) electrons. The summed E-state index contributed by atoms with van der Waals surface area (Å²) in [6, 6.07) is 15.5. The van der Waals surface area contributed by atoms with E-state index in [9.17, 15) is 18.7 Å². The van der Waals surface area contributed by atoms with Gasteiger partial charge >= 0.3 is 5.97 Å². The summed E-state index contributed by atoms with van der Waals surface area (Å²) in [5, 5.41) is 9.95. The van der Waals surface area contributed by atoms with E-state index in [-0.39, 0.29) is 6.61 Å². The smallest absolute Gasteiger partial charge is 0.315 e. The molecule has 3 atom stereocenters. The zero-order valence-corrected chi connectivity index (χ0v) is 14.1. The van der Waals surface area contributed by atoms with E-state index in [1.807, 2.05) is 6.07 Å². The summed E-state index contributed by atoms with van der Waals surface area (Å²) in [4.78, 5) is 12.6. The summed E-state index contributed by atoms with van der Waals surface area (Å²) >= 11 is 0. The van der Waals surface area contributed by atoms with Gasteiger partial charge < -0.3 is 21.3 Å². The zero-order valence-electron chi connectivity index (χ0n) is 14.1.